The second-order valence-corrected chi connectivity index (χ2v) is 8.88. The van der Waals surface area contributed by atoms with E-state index in [1.807, 2.05) is 52.2 Å². The lowest BCUT2D eigenvalue weighted by Crippen LogP contribution is -2.46. The minimum absolute atomic E-state index is 0.0980. The second-order valence-electron chi connectivity index (χ2n) is 8.88. The molecule has 1 atom stereocenters. The highest BCUT2D eigenvalue weighted by Crippen LogP contribution is 2.23. The van der Waals surface area contributed by atoms with Crippen LogP contribution in [-0.2, 0) is 9.53 Å². The molecule has 0 amide bonds. The Hall–Kier alpha value is -2.76. The fourth-order valence-electron chi connectivity index (χ4n) is 3.50. The van der Waals surface area contributed by atoms with Crippen LogP contribution in [0.5, 0.6) is 5.75 Å². The number of hydrogen-bond acceptors (Lipinski definition) is 6. The number of benzene rings is 1. The number of piperazine rings is 1. The van der Waals surface area contributed by atoms with Crippen molar-refractivity contribution in [1.82, 2.24) is 4.98 Å². The van der Waals surface area contributed by atoms with E-state index in [2.05, 4.69) is 39.0 Å². The zero-order chi connectivity index (χ0) is 21.6. The number of rotatable bonds is 7. The van der Waals surface area contributed by atoms with E-state index in [1.165, 1.54) is 11.4 Å². The van der Waals surface area contributed by atoms with Crippen LogP contribution < -0.4 is 14.5 Å². The summed E-state index contributed by atoms with van der Waals surface area (Å²) in [5.74, 6) is 0.742. The van der Waals surface area contributed by atoms with Crippen LogP contribution in [0.15, 0.2) is 48.8 Å². The maximum Gasteiger partial charge on any atom is 0.306 e. The van der Waals surface area contributed by atoms with Crippen molar-refractivity contribution >= 4 is 17.3 Å². The van der Waals surface area contributed by atoms with E-state index >= 15 is 0 Å². The highest BCUT2D eigenvalue weighted by Gasteiger charge is 2.19. The molecule has 1 aromatic carbocycles. The van der Waals surface area contributed by atoms with Crippen LogP contribution in [-0.4, -0.2) is 49.3 Å². The molecule has 30 heavy (non-hydrogen) atoms. The lowest BCUT2D eigenvalue weighted by molar-refractivity contribution is -0.156. The normalized spacial score (nSPS) is 15.6. The molecule has 1 aromatic heterocycles. The highest BCUT2D eigenvalue weighted by molar-refractivity contribution is 5.70. The van der Waals surface area contributed by atoms with Crippen LogP contribution >= 0.6 is 0 Å². The molecule has 6 nitrogen and oxygen atoms in total. The minimum Gasteiger partial charge on any atom is -0.493 e. The van der Waals surface area contributed by atoms with Gasteiger partial charge in [0.2, 0.25) is 0 Å². The van der Waals surface area contributed by atoms with E-state index in [0.29, 0.717) is 13.0 Å². The van der Waals surface area contributed by atoms with E-state index in [-0.39, 0.29) is 11.9 Å². The zero-order valence-electron chi connectivity index (χ0n) is 18.5. The minimum atomic E-state index is -0.447. The van der Waals surface area contributed by atoms with Gasteiger partial charge in [-0.25, -0.2) is 0 Å². The number of carbonyl (C=O) groups excluding carboxylic acids is 1. The summed E-state index contributed by atoms with van der Waals surface area (Å²) in [6.07, 6.45) is 4.04. The molecule has 0 bridgehead atoms. The summed E-state index contributed by atoms with van der Waals surface area (Å²) in [6.45, 7) is 12.1. The average Bonchev–Trinajstić information content (AvgIpc) is 2.72. The molecule has 1 aliphatic heterocycles. The van der Waals surface area contributed by atoms with Gasteiger partial charge in [0.05, 0.1) is 13.0 Å². The number of pyridine rings is 1. The fraction of sp³-hybridized carbons (Fsp3) is 0.500. The van der Waals surface area contributed by atoms with Crippen molar-refractivity contribution in [2.45, 2.75) is 39.7 Å². The van der Waals surface area contributed by atoms with Crippen LogP contribution in [0.3, 0.4) is 0 Å². The van der Waals surface area contributed by atoms with Gasteiger partial charge in [-0.05, 0) is 57.2 Å². The molecule has 2 aromatic rings. The molecule has 0 aliphatic carbocycles. The molecule has 1 aliphatic rings. The van der Waals surface area contributed by atoms with Gasteiger partial charge < -0.3 is 19.3 Å². The number of ether oxygens (including phenoxy) is 2. The maximum atomic E-state index is 11.9. The van der Waals surface area contributed by atoms with Gasteiger partial charge in [0.15, 0.2) is 0 Å². The molecule has 1 fully saturated rings. The van der Waals surface area contributed by atoms with Crippen molar-refractivity contribution in [3.8, 4) is 5.75 Å². The van der Waals surface area contributed by atoms with Gasteiger partial charge in [-0.2, -0.15) is 0 Å². The molecule has 0 unspecified atom stereocenters. The molecule has 2 heterocycles. The second kappa shape index (κ2) is 9.83. The fourth-order valence-corrected chi connectivity index (χ4v) is 3.50. The van der Waals surface area contributed by atoms with Gasteiger partial charge in [0.25, 0.3) is 0 Å². The lowest BCUT2D eigenvalue weighted by Gasteiger charge is -2.37. The monoisotopic (exact) mass is 411 g/mol. The van der Waals surface area contributed by atoms with E-state index in [0.717, 1.165) is 31.9 Å². The summed E-state index contributed by atoms with van der Waals surface area (Å²) in [6, 6.07) is 12.3. The van der Waals surface area contributed by atoms with Crippen LogP contribution in [0.1, 0.15) is 34.1 Å². The van der Waals surface area contributed by atoms with Crippen molar-refractivity contribution in [2.24, 2.45) is 5.92 Å². The zero-order valence-corrected chi connectivity index (χ0v) is 18.5. The Morgan fingerprint density at radius 2 is 1.50 bits per heavy atom. The van der Waals surface area contributed by atoms with Gasteiger partial charge in [-0.15, -0.1) is 0 Å². The SMILES string of the molecule is C[C@@H](COc1ccc(N2CCN(c3ccncc3)CC2)cc1)CC(=O)OC(C)(C)C. The first-order valence-electron chi connectivity index (χ1n) is 10.6. The van der Waals surface area contributed by atoms with Gasteiger partial charge in [0.1, 0.15) is 11.4 Å². The number of carbonyl (C=O) groups is 1. The number of anilines is 2. The third-order valence-electron chi connectivity index (χ3n) is 4.98. The number of hydrogen-bond donors (Lipinski definition) is 0. The Balaban J connectivity index is 1.43. The Labute approximate surface area is 179 Å². The molecule has 0 saturated carbocycles. The topological polar surface area (TPSA) is 54.9 Å². The van der Waals surface area contributed by atoms with Crippen molar-refractivity contribution in [1.29, 1.82) is 0 Å². The first kappa shape index (κ1) is 21.9. The number of esters is 1. The molecule has 162 valence electrons. The first-order chi connectivity index (χ1) is 14.3. The van der Waals surface area contributed by atoms with Crippen LogP contribution in [0.2, 0.25) is 0 Å². The highest BCUT2D eigenvalue weighted by atomic mass is 16.6. The predicted molar refractivity (Wildman–Crippen MR) is 120 cm³/mol. The Morgan fingerprint density at radius 1 is 0.967 bits per heavy atom. The number of nitrogens with zero attached hydrogens (tertiary/aromatic N) is 3. The molecule has 6 heteroatoms. The van der Waals surface area contributed by atoms with Crippen molar-refractivity contribution in [2.75, 3.05) is 42.6 Å². The Morgan fingerprint density at radius 3 is 2.03 bits per heavy atom. The van der Waals surface area contributed by atoms with E-state index < -0.39 is 5.60 Å². The maximum absolute atomic E-state index is 11.9. The van der Waals surface area contributed by atoms with Gasteiger partial charge in [-0.1, -0.05) is 6.92 Å². The largest absolute Gasteiger partial charge is 0.493 e. The van der Waals surface area contributed by atoms with Crippen LogP contribution in [0.4, 0.5) is 11.4 Å². The smallest absolute Gasteiger partial charge is 0.306 e. The predicted octanol–water partition coefficient (Wildman–Crippen LogP) is 4.15. The van der Waals surface area contributed by atoms with Crippen LogP contribution in [0, 0.1) is 5.92 Å². The molecular formula is C24H33N3O3. The first-order valence-corrected chi connectivity index (χ1v) is 10.6. The third kappa shape index (κ3) is 6.65. The van der Waals surface area contributed by atoms with Crippen molar-refractivity contribution in [3.05, 3.63) is 48.8 Å². The van der Waals surface area contributed by atoms with Gasteiger partial charge in [0, 0.05) is 55.9 Å². The van der Waals surface area contributed by atoms with E-state index in [9.17, 15) is 4.79 Å². The van der Waals surface area contributed by atoms with Gasteiger partial charge >= 0.3 is 5.97 Å². The molecule has 0 radical (unpaired) electrons. The Kier molecular flexibility index (Phi) is 7.19. The molecule has 0 spiro atoms. The van der Waals surface area contributed by atoms with Gasteiger partial charge in [-0.3, -0.25) is 9.78 Å². The summed E-state index contributed by atoms with van der Waals surface area (Å²) in [5.41, 5.74) is 1.99. The van der Waals surface area contributed by atoms with Crippen LogP contribution in [0.25, 0.3) is 0 Å². The summed E-state index contributed by atoms with van der Waals surface area (Å²) in [4.78, 5) is 20.8. The molecular weight excluding hydrogens is 378 g/mol. The summed E-state index contributed by atoms with van der Waals surface area (Å²) >= 11 is 0. The third-order valence-corrected chi connectivity index (χ3v) is 4.98. The standard InChI is InChI=1S/C24H33N3O3/c1-19(17-23(28)30-24(2,3)4)18-29-22-7-5-20(6-8-22)26-13-15-27(16-14-26)21-9-11-25-12-10-21/h5-12,19H,13-18H2,1-4H3/t19-/m1/s1. The van der Waals surface area contributed by atoms with E-state index in [1.54, 1.807) is 0 Å². The average molecular weight is 412 g/mol. The Bertz CT molecular complexity index is 795. The summed E-state index contributed by atoms with van der Waals surface area (Å²) < 4.78 is 11.2. The quantitative estimate of drug-likeness (QED) is 0.638. The van der Waals surface area contributed by atoms with Crippen molar-refractivity contribution in [3.63, 3.8) is 0 Å². The molecule has 3 rings (SSSR count). The van der Waals surface area contributed by atoms with Crippen molar-refractivity contribution < 1.29 is 14.3 Å². The summed E-state index contributed by atoms with van der Waals surface area (Å²) in [5, 5.41) is 0. The lowest BCUT2D eigenvalue weighted by atomic mass is 10.1. The summed E-state index contributed by atoms with van der Waals surface area (Å²) in [7, 11) is 0. The number of aromatic nitrogens is 1. The molecule has 0 N–H and O–H groups in total. The van der Waals surface area contributed by atoms with E-state index in [4.69, 9.17) is 9.47 Å². The molecule has 1 saturated heterocycles.